The van der Waals surface area contributed by atoms with Gasteiger partial charge in [-0.25, -0.2) is 4.39 Å². The van der Waals surface area contributed by atoms with E-state index >= 15 is 0 Å². The Labute approximate surface area is 104 Å². The number of H-pyrrole nitrogens is 1. The first kappa shape index (κ1) is 12.2. The van der Waals surface area contributed by atoms with Crippen LogP contribution >= 0.6 is 0 Å². The Kier molecular flexibility index (Phi) is 3.96. The van der Waals surface area contributed by atoms with E-state index in [1.807, 2.05) is 12.1 Å². The number of hydrogen-bond acceptors (Lipinski definition) is 2. The SMILES string of the molecule is O=C(COc1cccc(F)c1)NCc1ccc[nH]1. The molecule has 1 aromatic carbocycles. The average Bonchev–Trinajstić information content (AvgIpc) is 2.87. The molecule has 0 spiro atoms. The van der Waals surface area contributed by atoms with Crippen LogP contribution in [0.25, 0.3) is 0 Å². The van der Waals surface area contributed by atoms with Crippen molar-refractivity contribution in [1.29, 1.82) is 0 Å². The largest absolute Gasteiger partial charge is 0.484 e. The molecule has 2 rings (SSSR count). The fraction of sp³-hybridized carbons (Fsp3) is 0.154. The number of rotatable bonds is 5. The molecule has 0 radical (unpaired) electrons. The Hall–Kier alpha value is -2.30. The van der Waals surface area contributed by atoms with Crippen molar-refractivity contribution < 1.29 is 13.9 Å². The first-order valence-corrected chi connectivity index (χ1v) is 5.51. The van der Waals surface area contributed by atoms with Crippen molar-refractivity contribution in [3.05, 3.63) is 54.1 Å². The van der Waals surface area contributed by atoms with Gasteiger partial charge in [0.2, 0.25) is 0 Å². The van der Waals surface area contributed by atoms with Gasteiger partial charge in [0.25, 0.3) is 5.91 Å². The number of hydrogen-bond donors (Lipinski definition) is 2. The molecular formula is C13H13FN2O2. The third-order valence-electron chi connectivity index (χ3n) is 2.30. The quantitative estimate of drug-likeness (QED) is 0.848. The van der Waals surface area contributed by atoms with Gasteiger partial charge in [-0.2, -0.15) is 0 Å². The molecular weight excluding hydrogens is 235 g/mol. The molecule has 94 valence electrons. The molecule has 4 nitrogen and oxygen atoms in total. The number of aromatic nitrogens is 1. The van der Waals surface area contributed by atoms with E-state index in [0.717, 1.165) is 5.69 Å². The summed E-state index contributed by atoms with van der Waals surface area (Å²) in [6, 6.07) is 9.40. The van der Waals surface area contributed by atoms with Crippen LogP contribution in [0.1, 0.15) is 5.69 Å². The van der Waals surface area contributed by atoms with Gasteiger partial charge in [0.15, 0.2) is 6.61 Å². The predicted molar refractivity (Wildman–Crippen MR) is 64.5 cm³/mol. The molecule has 0 bridgehead atoms. The molecule has 18 heavy (non-hydrogen) atoms. The molecule has 0 aliphatic rings. The Morgan fingerprint density at radius 1 is 1.33 bits per heavy atom. The van der Waals surface area contributed by atoms with E-state index in [2.05, 4.69) is 10.3 Å². The molecule has 2 aromatic rings. The zero-order chi connectivity index (χ0) is 12.8. The molecule has 5 heteroatoms. The smallest absolute Gasteiger partial charge is 0.258 e. The normalized spacial score (nSPS) is 10.1. The first-order chi connectivity index (χ1) is 8.74. The summed E-state index contributed by atoms with van der Waals surface area (Å²) in [6.45, 7) is 0.280. The van der Waals surface area contributed by atoms with Crippen molar-refractivity contribution in [1.82, 2.24) is 10.3 Å². The molecule has 0 fully saturated rings. The van der Waals surface area contributed by atoms with Gasteiger partial charge in [-0.15, -0.1) is 0 Å². The molecule has 0 saturated heterocycles. The molecule has 1 heterocycles. The van der Waals surface area contributed by atoms with Crippen molar-refractivity contribution >= 4 is 5.91 Å². The van der Waals surface area contributed by atoms with Gasteiger partial charge in [-0.05, 0) is 24.3 Å². The summed E-state index contributed by atoms with van der Waals surface area (Å²) >= 11 is 0. The number of ether oxygens (including phenoxy) is 1. The van der Waals surface area contributed by atoms with E-state index in [0.29, 0.717) is 12.3 Å². The zero-order valence-electron chi connectivity index (χ0n) is 9.65. The van der Waals surface area contributed by atoms with Crippen LogP contribution in [0.4, 0.5) is 4.39 Å². The summed E-state index contributed by atoms with van der Waals surface area (Å²) in [5.41, 5.74) is 0.911. The van der Waals surface area contributed by atoms with Gasteiger partial charge < -0.3 is 15.0 Å². The minimum atomic E-state index is -0.390. The summed E-state index contributed by atoms with van der Waals surface area (Å²) in [5.74, 6) is -0.307. The fourth-order valence-electron chi connectivity index (χ4n) is 1.43. The van der Waals surface area contributed by atoms with Gasteiger partial charge in [0.05, 0.1) is 6.54 Å². The molecule has 0 saturated carbocycles. The number of benzene rings is 1. The zero-order valence-corrected chi connectivity index (χ0v) is 9.65. The molecule has 0 aliphatic carbocycles. The number of carbonyl (C=O) groups excluding carboxylic acids is 1. The minimum absolute atomic E-state index is 0.135. The number of carbonyl (C=O) groups is 1. The van der Waals surface area contributed by atoms with Crippen LogP contribution in [0.15, 0.2) is 42.6 Å². The third-order valence-corrected chi connectivity index (χ3v) is 2.30. The topological polar surface area (TPSA) is 54.1 Å². The Balaban J connectivity index is 1.75. The highest BCUT2D eigenvalue weighted by atomic mass is 19.1. The molecule has 1 amide bonds. The molecule has 1 aromatic heterocycles. The lowest BCUT2D eigenvalue weighted by molar-refractivity contribution is -0.123. The minimum Gasteiger partial charge on any atom is -0.484 e. The van der Waals surface area contributed by atoms with Crippen molar-refractivity contribution in [2.45, 2.75) is 6.54 Å². The summed E-state index contributed by atoms with van der Waals surface area (Å²) in [6.07, 6.45) is 1.78. The Morgan fingerprint density at radius 3 is 2.94 bits per heavy atom. The number of nitrogens with one attached hydrogen (secondary N) is 2. The summed E-state index contributed by atoms with van der Waals surface area (Å²) in [5, 5.41) is 2.68. The Bertz CT molecular complexity index is 511. The Morgan fingerprint density at radius 2 is 2.22 bits per heavy atom. The van der Waals surface area contributed by atoms with Crippen LogP contribution in [0.2, 0.25) is 0 Å². The van der Waals surface area contributed by atoms with Crippen LogP contribution in [0, 0.1) is 5.82 Å². The fourth-order valence-corrected chi connectivity index (χ4v) is 1.43. The van der Waals surface area contributed by atoms with E-state index in [4.69, 9.17) is 4.74 Å². The molecule has 0 aliphatic heterocycles. The number of aromatic amines is 1. The second kappa shape index (κ2) is 5.86. The standard InChI is InChI=1S/C13H13FN2O2/c14-10-3-1-5-12(7-10)18-9-13(17)16-8-11-4-2-6-15-11/h1-7,15H,8-9H2,(H,16,17). The van der Waals surface area contributed by atoms with Crippen LogP contribution in [-0.4, -0.2) is 17.5 Å². The first-order valence-electron chi connectivity index (χ1n) is 5.51. The third kappa shape index (κ3) is 3.62. The van der Waals surface area contributed by atoms with E-state index in [1.54, 1.807) is 12.3 Å². The predicted octanol–water partition coefficient (Wildman–Crippen LogP) is 1.85. The lowest BCUT2D eigenvalue weighted by atomic mass is 10.3. The lowest BCUT2D eigenvalue weighted by Gasteiger charge is -2.06. The highest BCUT2D eigenvalue weighted by Crippen LogP contribution is 2.11. The van der Waals surface area contributed by atoms with Crippen molar-refractivity contribution in [2.75, 3.05) is 6.61 Å². The lowest BCUT2D eigenvalue weighted by Crippen LogP contribution is -2.28. The van der Waals surface area contributed by atoms with Crippen molar-refractivity contribution in [2.24, 2.45) is 0 Å². The monoisotopic (exact) mass is 248 g/mol. The summed E-state index contributed by atoms with van der Waals surface area (Å²) < 4.78 is 18.0. The van der Waals surface area contributed by atoms with Gasteiger partial charge in [0.1, 0.15) is 11.6 Å². The molecule has 0 atom stereocenters. The number of halogens is 1. The van der Waals surface area contributed by atoms with E-state index in [-0.39, 0.29) is 18.3 Å². The van der Waals surface area contributed by atoms with E-state index in [1.165, 1.54) is 18.2 Å². The average molecular weight is 248 g/mol. The second-order valence-electron chi connectivity index (χ2n) is 3.72. The van der Waals surface area contributed by atoms with Gasteiger partial charge in [-0.3, -0.25) is 4.79 Å². The van der Waals surface area contributed by atoms with Crippen LogP contribution in [0.3, 0.4) is 0 Å². The van der Waals surface area contributed by atoms with Crippen molar-refractivity contribution in [3.8, 4) is 5.75 Å². The van der Waals surface area contributed by atoms with Gasteiger partial charge in [-0.1, -0.05) is 6.07 Å². The summed E-state index contributed by atoms with van der Waals surface area (Å²) in [7, 11) is 0. The van der Waals surface area contributed by atoms with Gasteiger partial charge in [0, 0.05) is 18.0 Å². The maximum absolute atomic E-state index is 12.8. The van der Waals surface area contributed by atoms with Crippen molar-refractivity contribution in [3.63, 3.8) is 0 Å². The van der Waals surface area contributed by atoms with Crippen LogP contribution in [0.5, 0.6) is 5.75 Å². The van der Waals surface area contributed by atoms with E-state index in [9.17, 15) is 9.18 Å². The highest BCUT2D eigenvalue weighted by Gasteiger charge is 2.03. The van der Waals surface area contributed by atoms with Gasteiger partial charge >= 0.3 is 0 Å². The molecule has 2 N–H and O–H groups in total. The number of amides is 1. The van der Waals surface area contributed by atoms with Crippen LogP contribution in [-0.2, 0) is 11.3 Å². The maximum atomic E-state index is 12.8. The highest BCUT2D eigenvalue weighted by molar-refractivity contribution is 5.77. The van der Waals surface area contributed by atoms with Crippen LogP contribution < -0.4 is 10.1 Å². The molecule has 0 unspecified atom stereocenters. The maximum Gasteiger partial charge on any atom is 0.258 e. The van der Waals surface area contributed by atoms with E-state index < -0.39 is 0 Å². The second-order valence-corrected chi connectivity index (χ2v) is 3.72. The summed E-state index contributed by atoms with van der Waals surface area (Å²) in [4.78, 5) is 14.4.